The molecule has 1 aromatic carbocycles. The van der Waals surface area contributed by atoms with Gasteiger partial charge in [-0.1, -0.05) is 22.9 Å². The first-order valence-corrected chi connectivity index (χ1v) is 9.60. The van der Waals surface area contributed by atoms with Crippen LogP contribution in [-0.2, 0) is 16.2 Å². The Morgan fingerprint density at radius 1 is 1.12 bits per heavy atom. The second kappa shape index (κ2) is 6.44. The quantitative estimate of drug-likeness (QED) is 0.678. The molecule has 0 saturated heterocycles. The van der Waals surface area contributed by atoms with Crippen molar-refractivity contribution < 1.29 is 26.1 Å². The molecule has 1 N–H and O–H groups in total. The molecule has 0 aliphatic carbocycles. The Bertz CT molecular complexity index is 1040. The standard InChI is InChI=1S/C16H13F3N2O3S2/c1-9-3-5-11(6-4-9)21-26(22,23)14-8-13(25-10(14)2)12-7-15(24-20-12)16(17,18)19/h3-8,21H,1-2H3. The number of aromatic nitrogens is 1. The van der Waals surface area contributed by atoms with E-state index in [2.05, 4.69) is 14.4 Å². The number of hydrogen-bond acceptors (Lipinski definition) is 5. The second-order valence-electron chi connectivity index (χ2n) is 5.58. The largest absolute Gasteiger partial charge is 0.452 e. The van der Waals surface area contributed by atoms with E-state index in [4.69, 9.17) is 0 Å². The molecule has 0 unspecified atom stereocenters. The number of anilines is 1. The molecule has 0 radical (unpaired) electrons. The van der Waals surface area contributed by atoms with Gasteiger partial charge in [-0.2, -0.15) is 13.2 Å². The molecule has 0 fully saturated rings. The summed E-state index contributed by atoms with van der Waals surface area (Å²) in [5, 5.41) is 3.38. The number of hydrogen-bond donors (Lipinski definition) is 1. The van der Waals surface area contributed by atoms with Crippen molar-refractivity contribution in [1.82, 2.24) is 5.16 Å². The van der Waals surface area contributed by atoms with Gasteiger partial charge in [-0.15, -0.1) is 11.3 Å². The predicted octanol–water partition coefficient (Wildman–Crippen LogP) is 4.84. The molecule has 0 spiro atoms. The van der Waals surface area contributed by atoms with Crippen LogP contribution in [0, 0.1) is 13.8 Å². The van der Waals surface area contributed by atoms with E-state index in [0.717, 1.165) is 23.0 Å². The Hall–Kier alpha value is -2.33. The second-order valence-corrected chi connectivity index (χ2v) is 8.48. The van der Waals surface area contributed by atoms with Crippen molar-refractivity contribution in [2.75, 3.05) is 4.72 Å². The molecule has 3 rings (SSSR count). The summed E-state index contributed by atoms with van der Waals surface area (Å²) in [6.07, 6.45) is -4.65. The average Bonchev–Trinajstić information content (AvgIpc) is 3.15. The lowest BCUT2D eigenvalue weighted by Gasteiger charge is -2.07. The molecule has 3 aromatic rings. The van der Waals surface area contributed by atoms with Gasteiger partial charge in [0.1, 0.15) is 10.6 Å². The molecule has 0 aliphatic rings. The van der Waals surface area contributed by atoms with E-state index in [-0.39, 0.29) is 15.5 Å². The lowest BCUT2D eigenvalue weighted by atomic mass is 10.2. The van der Waals surface area contributed by atoms with Crippen LogP contribution < -0.4 is 4.72 Å². The highest BCUT2D eigenvalue weighted by Gasteiger charge is 2.36. The van der Waals surface area contributed by atoms with Crippen LogP contribution in [0.15, 0.2) is 45.8 Å². The molecule has 0 amide bonds. The van der Waals surface area contributed by atoms with Crippen LogP contribution >= 0.6 is 11.3 Å². The molecule has 5 nitrogen and oxygen atoms in total. The van der Waals surface area contributed by atoms with Crippen LogP contribution in [0.4, 0.5) is 18.9 Å². The summed E-state index contributed by atoms with van der Waals surface area (Å²) in [5.41, 5.74) is 1.30. The maximum Gasteiger partial charge on any atom is 0.452 e. The van der Waals surface area contributed by atoms with Gasteiger partial charge in [-0.05, 0) is 32.0 Å². The number of benzene rings is 1. The maximum atomic E-state index is 12.6. The maximum absolute atomic E-state index is 12.6. The summed E-state index contributed by atoms with van der Waals surface area (Å²) in [6, 6.07) is 8.81. The first-order valence-electron chi connectivity index (χ1n) is 7.30. The summed E-state index contributed by atoms with van der Waals surface area (Å²) in [6.45, 7) is 3.45. The fourth-order valence-electron chi connectivity index (χ4n) is 2.22. The lowest BCUT2D eigenvalue weighted by Crippen LogP contribution is -2.13. The van der Waals surface area contributed by atoms with E-state index in [1.165, 1.54) is 6.07 Å². The molecule has 10 heteroatoms. The summed E-state index contributed by atoms with van der Waals surface area (Å²) < 4.78 is 69.8. The number of thiophene rings is 1. The SMILES string of the molecule is Cc1ccc(NS(=O)(=O)c2cc(-c3cc(C(F)(F)F)on3)sc2C)cc1. The van der Waals surface area contributed by atoms with Gasteiger partial charge in [-0.25, -0.2) is 8.42 Å². The van der Waals surface area contributed by atoms with Crippen LogP contribution in [0.1, 0.15) is 16.2 Å². The zero-order valence-electron chi connectivity index (χ0n) is 13.6. The van der Waals surface area contributed by atoms with Crippen molar-refractivity contribution in [2.24, 2.45) is 0 Å². The molecule has 2 aromatic heterocycles. The highest BCUT2D eigenvalue weighted by atomic mass is 32.2. The van der Waals surface area contributed by atoms with Gasteiger partial charge in [0.2, 0.25) is 5.76 Å². The molecule has 0 bridgehead atoms. The Morgan fingerprint density at radius 2 is 1.77 bits per heavy atom. The van der Waals surface area contributed by atoms with Crippen molar-refractivity contribution in [3.63, 3.8) is 0 Å². The van der Waals surface area contributed by atoms with E-state index in [0.29, 0.717) is 10.6 Å². The number of nitrogens with one attached hydrogen (secondary N) is 1. The lowest BCUT2D eigenvalue weighted by molar-refractivity contribution is -0.155. The Balaban J connectivity index is 1.92. The minimum absolute atomic E-state index is 0.0189. The normalized spacial score (nSPS) is 12.3. The first-order chi connectivity index (χ1) is 12.1. The minimum Gasteiger partial charge on any atom is -0.351 e. The van der Waals surface area contributed by atoms with Crippen molar-refractivity contribution in [2.45, 2.75) is 24.9 Å². The number of sulfonamides is 1. The predicted molar refractivity (Wildman–Crippen MR) is 91.5 cm³/mol. The summed E-state index contributed by atoms with van der Waals surface area (Å²) in [4.78, 5) is 0.678. The summed E-state index contributed by atoms with van der Waals surface area (Å²) in [5.74, 6) is -1.24. The molecule has 138 valence electrons. The Morgan fingerprint density at radius 3 is 2.35 bits per heavy atom. The van der Waals surface area contributed by atoms with Crippen LogP contribution in [0.25, 0.3) is 10.6 Å². The van der Waals surface area contributed by atoms with E-state index in [9.17, 15) is 21.6 Å². The third-order valence-electron chi connectivity index (χ3n) is 3.51. The molecule has 0 saturated carbocycles. The Kier molecular flexibility index (Phi) is 4.57. The fraction of sp³-hybridized carbons (Fsp3) is 0.188. The number of rotatable bonds is 4. The highest BCUT2D eigenvalue weighted by molar-refractivity contribution is 7.93. The third-order valence-corrected chi connectivity index (χ3v) is 6.22. The molecule has 26 heavy (non-hydrogen) atoms. The average molecular weight is 402 g/mol. The van der Waals surface area contributed by atoms with Crippen molar-refractivity contribution >= 4 is 27.0 Å². The van der Waals surface area contributed by atoms with E-state index >= 15 is 0 Å². The zero-order chi connectivity index (χ0) is 19.1. The van der Waals surface area contributed by atoms with E-state index < -0.39 is 22.0 Å². The highest BCUT2D eigenvalue weighted by Crippen LogP contribution is 2.37. The van der Waals surface area contributed by atoms with Gasteiger partial charge in [0.05, 0.1) is 4.88 Å². The minimum atomic E-state index is -4.65. The zero-order valence-corrected chi connectivity index (χ0v) is 15.2. The molecule has 0 aliphatic heterocycles. The summed E-state index contributed by atoms with van der Waals surface area (Å²) in [7, 11) is -3.89. The molecular formula is C16H13F3N2O3S2. The van der Waals surface area contributed by atoms with Crippen molar-refractivity contribution in [3.05, 3.63) is 52.6 Å². The first kappa shape index (κ1) is 18.5. The molecule has 2 heterocycles. The van der Waals surface area contributed by atoms with Gasteiger partial charge < -0.3 is 4.52 Å². The summed E-state index contributed by atoms with van der Waals surface area (Å²) >= 11 is 1.02. The van der Waals surface area contributed by atoms with Crippen LogP contribution in [0.3, 0.4) is 0 Å². The number of halogens is 3. The topological polar surface area (TPSA) is 72.2 Å². The van der Waals surface area contributed by atoms with Gasteiger partial charge in [0.25, 0.3) is 10.0 Å². The number of nitrogens with zero attached hydrogens (tertiary/aromatic N) is 1. The van der Waals surface area contributed by atoms with Gasteiger partial charge in [0, 0.05) is 16.6 Å². The Labute approximate surface area is 151 Å². The molecule has 0 atom stereocenters. The smallest absolute Gasteiger partial charge is 0.351 e. The molecular weight excluding hydrogens is 389 g/mol. The number of aryl methyl sites for hydroxylation is 2. The van der Waals surface area contributed by atoms with Crippen LogP contribution in [-0.4, -0.2) is 13.6 Å². The van der Waals surface area contributed by atoms with E-state index in [1.807, 2.05) is 6.92 Å². The van der Waals surface area contributed by atoms with Gasteiger partial charge in [0.15, 0.2) is 0 Å². The van der Waals surface area contributed by atoms with Gasteiger partial charge in [-0.3, -0.25) is 4.72 Å². The van der Waals surface area contributed by atoms with Gasteiger partial charge >= 0.3 is 6.18 Å². The monoisotopic (exact) mass is 402 g/mol. The fourth-order valence-corrected chi connectivity index (χ4v) is 4.82. The van der Waals surface area contributed by atoms with Crippen molar-refractivity contribution in [1.29, 1.82) is 0 Å². The van der Waals surface area contributed by atoms with Crippen LogP contribution in [0.2, 0.25) is 0 Å². The van der Waals surface area contributed by atoms with E-state index in [1.54, 1.807) is 31.2 Å². The van der Waals surface area contributed by atoms with Crippen molar-refractivity contribution in [3.8, 4) is 10.6 Å². The van der Waals surface area contributed by atoms with Crippen LogP contribution in [0.5, 0.6) is 0 Å². The number of alkyl halides is 3. The third kappa shape index (κ3) is 3.75.